The maximum Gasteiger partial charge on any atom is 0.573 e. The zero-order valence-electron chi connectivity index (χ0n) is 22.2. The van der Waals surface area contributed by atoms with Crippen LogP contribution in [0, 0.1) is 0 Å². The molecule has 0 spiro atoms. The quantitative estimate of drug-likeness (QED) is 0.254. The third kappa shape index (κ3) is 8.14. The van der Waals surface area contributed by atoms with E-state index in [9.17, 15) is 23.1 Å². The Morgan fingerprint density at radius 3 is 2.26 bits per heavy atom. The number of hydrogen-bond donors (Lipinski definition) is 1. The summed E-state index contributed by atoms with van der Waals surface area (Å²) in [5.74, 6) is -0.795. The lowest BCUT2D eigenvalue weighted by atomic mass is 10.1. The van der Waals surface area contributed by atoms with Gasteiger partial charge in [-0.25, -0.2) is 4.79 Å². The highest BCUT2D eigenvalue weighted by molar-refractivity contribution is 8.13. The minimum Gasteiger partial charge on any atom is -0.478 e. The number of rotatable bonds is 13. The number of carboxylic acids is 1. The van der Waals surface area contributed by atoms with Crippen LogP contribution in [0.2, 0.25) is 0 Å². The Hall–Kier alpha value is -2.72. The summed E-state index contributed by atoms with van der Waals surface area (Å²) in [6.45, 7) is 9.26. The molecule has 0 radical (unpaired) electrons. The second kappa shape index (κ2) is 13.9. The van der Waals surface area contributed by atoms with E-state index in [1.165, 1.54) is 18.2 Å². The molecule has 0 amide bonds. The average molecular weight is 555 g/mol. The molecule has 6 nitrogen and oxygen atoms in total. The fourth-order valence-corrected chi connectivity index (χ4v) is 6.46. The molecule has 1 fully saturated rings. The fraction of sp³-hybridized carbons (Fsp3) is 0.500. The van der Waals surface area contributed by atoms with E-state index in [4.69, 9.17) is 4.74 Å². The van der Waals surface area contributed by atoms with Crippen LogP contribution in [0.4, 0.5) is 18.9 Å². The average Bonchev–Trinajstić information content (AvgIpc) is 3.39. The third-order valence-electron chi connectivity index (χ3n) is 6.25. The number of unbranched alkanes of at least 4 members (excludes halogenated alkanes) is 2. The van der Waals surface area contributed by atoms with E-state index in [0.29, 0.717) is 29.4 Å². The van der Waals surface area contributed by atoms with Gasteiger partial charge in [0.1, 0.15) is 17.2 Å². The van der Waals surface area contributed by atoms with Crippen LogP contribution < -0.4 is 14.4 Å². The SMILES string of the molecule is C/C=S(/c1cc(C(=O)O)c(N(CCCC)CCCC)cc1Oc1cccc(OC(F)(F)F)c1)N1CCCC1. The number of anilines is 1. The van der Waals surface area contributed by atoms with Crippen LogP contribution in [0.25, 0.3) is 0 Å². The zero-order chi connectivity index (χ0) is 27.7. The molecule has 1 saturated heterocycles. The first-order valence-electron chi connectivity index (χ1n) is 13.1. The van der Waals surface area contributed by atoms with E-state index in [0.717, 1.165) is 51.6 Å². The van der Waals surface area contributed by atoms with Gasteiger partial charge in [-0.05, 0) is 56.2 Å². The molecule has 1 aliphatic rings. The molecular weight excluding hydrogens is 517 g/mol. The second-order valence-electron chi connectivity index (χ2n) is 9.13. The summed E-state index contributed by atoms with van der Waals surface area (Å²) in [5, 5.41) is 12.3. The van der Waals surface area contributed by atoms with E-state index in [1.807, 2.05) is 12.3 Å². The predicted octanol–water partition coefficient (Wildman–Crippen LogP) is 7.94. The molecule has 1 aliphatic heterocycles. The van der Waals surface area contributed by atoms with Gasteiger partial charge in [0.25, 0.3) is 0 Å². The van der Waals surface area contributed by atoms with Crippen LogP contribution in [0.5, 0.6) is 17.2 Å². The number of nitrogens with zero attached hydrogens (tertiary/aromatic N) is 2. The Kier molecular flexibility index (Phi) is 10.9. The molecule has 1 N–H and O–H groups in total. The van der Waals surface area contributed by atoms with E-state index >= 15 is 0 Å². The highest BCUT2D eigenvalue weighted by atomic mass is 32.2. The van der Waals surface area contributed by atoms with Crippen molar-refractivity contribution in [3.63, 3.8) is 0 Å². The van der Waals surface area contributed by atoms with Gasteiger partial charge in [-0.1, -0.05) is 43.4 Å². The third-order valence-corrected chi connectivity index (χ3v) is 8.39. The van der Waals surface area contributed by atoms with Gasteiger partial charge in [0.05, 0.1) is 16.1 Å². The number of carboxylic acid groups (broad SMARTS) is 1. The normalized spacial score (nSPS) is 15.0. The van der Waals surface area contributed by atoms with Crippen molar-refractivity contribution < 1.29 is 32.5 Å². The minimum absolute atomic E-state index is 0.178. The van der Waals surface area contributed by atoms with Gasteiger partial charge in [0.2, 0.25) is 0 Å². The van der Waals surface area contributed by atoms with Crippen molar-refractivity contribution in [2.75, 3.05) is 31.1 Å². The molecule has 1 atom stereocenters. The molecule has 2 aromatic carbocycles. The number of benzene rings is 2. The van der Waals surface area contributed by atoms with Gasteiger partial charge >= 0.3 is 12.3 Å². The van der Waals surface area contributed by atoms with Crippen molar-refractivity contribution in [1.29, 1.82) is 0 Å². The summed E-state index contributed by atoms with van der Waals surface area (Å²) < 4.78 is 51.1. The summed E-state index contributed by atoms with van der Waals surface area (Å²) in [6, 6.07) is 8.84. The summed E-state index contributed by atoms with van der Waals surface area (Å²) in [5.41, 5.74) is 0.758. The molecule has 210 valence electrons. The molecule has 1 unspecified atom stereocenters. The maximum absolute atomic E-state index is 12.8. The Morgan fingerprint density at radius 2 is 1.71 bits per heavy atom. The zero-order valence-corrected chi connectivity index (χ0v) is 23.0. The van der Waals surface area contributed by atoms with Gasteiger partial charge < -0.3 is 19.5 Å². The van der Waals surface area contributed by atoms with Gasteiger partial charge in [-0.3, -0.25) is 4.31 Å². The first kappa shape index (κ1) is 29.8. The number of carbonyl (C=O) groups is 1. The summed E-state index contributed by atoms with van der Waals surface area (Å²) in [7, 11) is -0.545. The smallest absolute Gasteiger partial charge is 0.478 e. The topological polar surface area (TPSA) is 62.2 Å². The lowest BCUT2D eigenvalue weighted by molar-refractivity contribution is -0.274. The van der Waals surface area contributed by atoms with Crippen molar-refractivity contribution in [3.05, 3.63) is 42.0 Å². The van der Waals surface area contributed by atoms with E-state index < -0.39 is 23.0 Å². The number of halogens is 3. The van der Waals surface area contributed by atoms with Crippen molar-refractivity contribution >= 4 is 27.7 Å². The number of hydrogen-bond acceptors (Lipinski definition) is 5. The Bertz CT molecular complexity index is 1110. The van der Waals surface area contributed by atoms with Crippen LogP contribution in [-0.4, -0.2) is 53.3 Å². The largest absolute Gasteiger partial charge is 0.573 e. The lowest BCUT2D eigenvalue weighted by Crippen LogP contribution is -2.27. The Morgan fingerprint density at radius 1 is 1.08 bits per heavy atom. The highest BCUT2D eigenvalue weighted by Crippen LogP contribution is 2.45. The van der Waals surface area contributed by atoms with Crippen LogP contribution in [0.15, 0.2) is 41.3 Å². The summed E-state index contributed by atoms with van der Waals surface area (Å²) in [4.78, 5) is 15.3. The highest BCUT2D eigenvalue weighted by Gasteiger charge is 2.31. The second-order valence-corrected chi connectivity index (χ2v) is 11.2. The summed E-state index contributed by atoms with van der Waals surface area (Å²) >= 11 is 0. The van der Waals surface area contributed by atoms with Crippen LogP contribution in [0.3, 0.4) is 0 Å². The van der Waals surface area contributed by atoms with Gasteiger partial charge in [-0.2, -0.15) is 0 Å². The van der Waals surface area contributed by atoms with Crippen molar-refractivity contribution in [2.24, 2.45) is 0 Å². The Balaban J connectivity index is 2.15. The number of alkyl halides is 3. The molecule has 10 heteroatoms. The van der Waals surface area contributed by atoms with E-state index in [1.54, 1.807) is 18.2 Å². The Labute approximate surface area is 225 Å². The molecule has 0 bridgehead atoms. The summed E-state index contributed by atoms with van der Waals surface area (Å²) in [6.07, 6.45) is 1.00. The minimum atomic E-state index is -4.82. The van der Waals surface area contributed by atoms with Crippen molar-refractivity contribution in [3.8, 4) is 17.2 Å². The molecule has 0 saturated carbocycles. The number of aromatic carboxylic acids is 1. The van der Waals surface area contributed by atoms with E-state index in [2.05, 4.69) is 27.8 Å². The monoisotopic (exact) mass is 554 g/mol. The van der Waals surface area contributed by atoms with Crippen molar-refractivity contribution in [2.45, 2.75) is 70.6 Å². The van der Waals surface area contributed by atoms with E-state index in [-0.39, 0.29) is 17.1 Å². The van der Waals surface area contributed by atoms with Gasteiger partial charge in [-0.15, -0.1) is 13.2 Å². The molecule has 38 heavy (non-hydrogen) atoms. The molecule has 0 aliphatic carbocycles. The van der Waals surface area contributed by atoms with Crippen LogP contribution >= 0.6 is 10.7 Å². The standard InChI is InChI=1S/C28H37F3N2O4S/c1-4-7-14-32(15-8-5-2)24-20-25(36-21-12-11-13-22(18-21)37-28(29,30)31)26(19-23(24)27(34)35)38(6-3)33-16-9-10-17-33/h6,11-13,18-20H,4-5,7-10,14-17H2,1-3H3,(H,34,35). The molecule has 3 rings (SSSR count). The van der Waals surface area contributed by atoms with Gasteiger partial charge in [0, 0.05) is 38.3 Å². The predicted molar refractivity (Wildman–Crippen MR) is 147 cm³/mol. The maximum atomic E-state index is 12.8. The first-order chi connectivity index (χ1) is 18.2. The number of ether oxygens (including phenoxy) is 2. The molecule has 0 aromatic heterocycles. The fourth-order valence-electron chi connectivity index (χ4n) is 4.44. The molecule has 2 aromatic rings. The van der Waals surface area contributed by atoms with Crippen molar-refractivity contribution in [1.82, 2.24) is 4.31 Å². The molecular formula is C28H37F3N2O4S. The van der Waals surface area contributed by atoms with Gasteiger partial charge in [0.15, 0.2) is 0 Å². The molecule has 1 heterocycles. The van der Waals surface area contributed by atoms with Crippen LogP contribution in [-0.2, 0) is 0 Å². The lowest BCUT2D eigenvalue weighted by Gasteiger charge is -2.29. The van der Waals surface area contributed by atoms with Crippen LogP contribution in [0.1, 0.15) is 69.7 Å². The first-order valence-corrected chi connectivity index (χ1v) is 14.4.